The van der Waals surface area contributed by atoms with Gasteiger partial charge in [0.25, 0.3) is 5.91 Å². The van der Waals surface area contributed by atoms with Crippen molar-refractivity contribution < 1.29 is 23.9 Å². The topological polar surface area (TPSA) is 93.7 Å². The summed E-state index contributed by atoms with van der Waals surface area (Å²) in [6.07, 6.45) is 0. The van der Waals surface area contributed by atoms with Crippen LogP contribution >= 0.6 is 0 Å². The van der Waals surface area contributed by atoms with Gasteiger partial charge in [0, 0.05) is 6.54 Å². The van der Waals surface area contributed by atoms with Gasteiger partial charge in [-0.25, -0.2) is 4.79 Å². The summed E-state index contributed by atoms with van der Waals surface area (Å²) in [7, 11) is 0. The van der Waals surface area contributed by atoms with Crippen molar-refractivity contribution >= 4 is 17.8 Å². The molecule has 7 nitrogen and oxygen atoms in total. The van der Waals surface area contributed by atoms with Gasteiger partial charge in [-0.15, -0.1) is 0 Å². The third-order valence-electron chi connectivity index (χ3n) is 3.71. The molecule has 0 aliphatic carbocycles. The molecule has 1 aromatic rings. The molecule has 0 heterocycles. The Hall–Kier alpha value is -2.57. The lowest BCUT2D eigenvalue weighted by Gasteiger charge is -2.14. The summed E-state index contributed by atoms with van der Waals surface area (Å²) >= 11 is 0. The van der Waals surface area contributed by atoms with Crippen LogP contribution in [0.15, 0.2) is 18.2 Å². The van der Waals surface area contributed by atoms with Gasteiger partial charge in [-0.05, 0) is 49.9 Å². The largest absolute Gasteiger partial charge is 0.482 e. The lowest BCUT2D eigenvalue weighted by molar-refractivity contribution is -0.150. The first-order chi connectivity index (χ1) is 12.2. The zero-order valence-corrected chi connectivity index (χ0v) is 16.0. The molecule has 2 N–H and O–H groups in total. The van der Waals surface area contributed by atoms with Crippen molar-refractivity contribution in [2.45, 2.75) is 46.6 Å². The molecule has 0 aromatic heterocycles. The quantitative estimate of drug-likeness (QED) is 0.650. The lowest BCUT2D eigenvalue weighted by Crippen LogP contribution is -2.46. The number of benzene rings is 1. The molecule has 0 aliphatic heterocycles. The number of aryl methyl sites for hydroxylation is 1. The third-order valence-corrected chi connectivity index (χ3v) is 3.71. The first kappa shape index (κ1) is 21.5. The average Bonchev–Trinajstić information content (AvgIpc) is 2.58. The molecule has 2 amide bonds. The molecule has 0 radical (unpaired) electrons. The predicted molar refractivity (Wildman–Crippen MR) is 98.0 cm³/mol. The van der Waals surface area contributed by atoms with E-state index in [1.165, 1.54) is 5.56 Å². The number of rotatable bonds is 9. The zero-order chi connectivity index (χ0) is 19.7. The number of hydrogen-bond acceptors (Lipinski definition) is 5. The lowest BCUT2D eigenvalue weighted by atomic mass is 9.98. The van der Waals surface area contributed by atoms with Crippen LogP contribution in [0.4, 0.5) is 0 Å². The molecular formula is C19H28N2O5. The Morgan fingerprint density at radius 2 is 1.81 bits per heavy atom. The molecule has 1 aromatic carbocycles. The molecule has 0 bridgehead atoms. The maximum Gasteiger partial charge on any atom is 0.344 e. The van der Waals surface area contributed by atoms with E-state index in [1.54, 1.807) is 19.9 Å². The Labute approximate surface area is 154 Å². The minimum absolute atomic E-state index is 0.292. The minimum atomic E-state index is -0.695. The number of hydrogen-bond donors (Lipinski definition) is 2. The fourth-order valence-electron chi connectivity index (χ4n) is 2.39. The maximum absolute atomic E-state index is 11.7. The number of carbonyl (C=O) groups is 3. The van der Waals surface area contributed by atoms with Crippen molar-refractivity contribution in [3.05, 3.63) is 29.3 Å². The van der Waals surface area contributed by atoms with Crippen LogP contribution in [-0.2, 0) is 19.1 Å². The van der Waals surface area contributed by atoms with E-state index in [0.717, 1.165) is 5.56 Å². The maximum atomic E-state index is 11.7. The highest BCUT2D eigenvalue weighted by Gasteiger charge is 2.16. The number of esters is 1. The highest BCUT2D eigenvalue weighted by atomic mass is 16.6. The second-order valence-corrected chi connectivity index (χ2v) is 6.31. The Balaban J connectivity index is 2.37. The van der Waals surface area contributed by atoms with Crippen molar-refractivity contribution in [1.82, 2.24) is 10.6 Å². The summed E-state index contributed by atoms with van der Waals surface area (Å²) in [5.74, 6) is -0.520. The van der Waals surface area contributed by atoms with Crippen LogP contribution in [-0.4, -0.2) is 43.6 Å². The molecule has 1 rings (SSSR count). The van der Waals surface area contributed by atoms with Crippen LogP contribution in [0, 0.1) is 6.92 Å². The summed E-state index contributed by atoms with van der Waals surface area (Å²) in [5.41, 5.74) is 2.31. The van der Waals surface area contributed by atoms with Crippen LogP contribution in [0.1, 0.15) is 44.7 Å². The number of likely N-dealkylation sites (N-methyl/N-ethyl adjacent to an activating group) is 1. The van der Waals surface area contributed by atoms with Gasteiger partial charge in [0.2, 0.25) is 5.91 Å². The fraction of sp³-hybridized carbons (Fsp3) is 0.526. The molecule has 144 valence electrons. The zero-order valence-electron chi connectivity index (χ0n) is 16.0. The normalized spacial score (nSPS) is 11.6. The molecular weight excluding hydrogens is 336 g/mol. The fourth-order valence-corrected chi connectivity index (χ4v) is 2.39. The Bertz CT molecular complexity index is 643. The molecule has 7 heteroatoms. The molecule has 0 unspecified atom stereocenters. The van der Waals surface area contributed by atoms with Crippen LogP contribution in [0.25, 0.3) is 0 Å². The van der Waals surface area contributed by atoms with Gasteiger partial charge in [-0.3, -0.25) is 9.59 Å². The van der Waals surface area contributed by atoms with Crippen molar-refractivity contribution in [1.29, 1.82) is 0 Å². The third kappa shape index (κ3) is 7.13. The summed E-state index contributed by atoms with van der Waals surface area (Å²) in [6.45, 7) is 9.26. The molecule has 0 spiro atoms. The minimum Gasteiger partial charge on any atom is -0.482 e. The van der Waals surface area contributed by atoms with E-state index in [4.69, 9.17) is 9.47 Å². The Morgan fingerprint density at radius 3 is 2.38 bits per heavy atom. The standard InChI is InChI=1S/C19H28N2O5/c1-6-20-19(24)14(5)21-17(22)10-26-18(23)11-25-15-7-8-16(12(2)3)13(4)9-15/h7-9,12,14H,6,10-11H2,1-5H3,(H,20,24)(H,21,22)/t14-/m0/s1. The highest BCUT2D eigenvalue weighted by Crippen LogP contribution is 2.23. The van der Waals surface area contributed by atoms with Crippen molar-refractivity contribution in [2.75, 3.05) is 19.8 Å². The van der Waals surface area contributed by atoms with E-state index < -0.39 is 24.5 Å². The van der Waals surface area contributed by atoms with Gasteiger partial charge < -0.3 is 20.1 Å². The van der Waals surface area contributed by atoms with E-state index >= 15 is 0 Å². The molecule has 26 heavy (non-hydrogen) atoms. The number of ether oxygens (including phenoxy) is 2. The van der Waals surface area contributed by atoms with Gasteiger partial charge in [-0.1, -0.05) is 19.9 Å². The van der Waals surface area contributed by atoms with Crippen LogP contribution in [0.3, 0.4) is 0 Å². The van der Waals surface area contributed by atoms with E-state index in [1.807, 2.05) is 19.1 Å². The van der Waals surface area contributed by atoms with E-state index in [9.17, 15) is 14.4 Å². The second kappa shape index (κ2) is 10.4. The van der Waals surface area contributed by atoms with Gasteiger partial charge in [0.15, 0.2) is 13.2 Å². The van der Waals surface area contributed by atoms with Gasteiger partial charge >= 0.3 is 5.97 Å². The number of amides is 2. The number of nitrogens with one attached hydrogen (secondary N) is 2. The van der Waals surface area contributed by atoms with Gasteiger partial charge in [-0.2, -0.15) is 0 Å². The summed E-state index contributed by atoms with van der Waals surface area (Å²) in [6, 6.07) is 4.94. The summed E-state index contributed by atoms with van der Waals surface area (Å²) in [5, 5.41) is 5.04. The average molecular weight is 364 g/mol. The molecule has 0 saturated carbocycles. The Kier molecular flexibility index (Phi) is 8.61. The van der Waals surface area contributed by atoms with Gasteiger partial charge in [0.1, 0.15) is 11.8 Å². The van der Waals surface area contributed by atoms with Gasteiger partial charge in [0.05, 0.1) is 0 Å². The Morgan fingerprint density at radius 1 is 1.12 bits per heavy atom. The van der Waals surface area contributed by atoms with Crippen molar-refractivity contribution in [3.63, 3.8) is 0 Å². The second-order valence-electron chi connectivity index (χ2n) is 6.31. The summed E-state index contributed by atoms with van der Waals surface area (Å²) < 4.78 is 10.2. The van der Waals surface area contributed by atoms with Crippen molar-refractivity contribution in [3.8, 4) is 5.75 Å². The molecule has 0 saturated heterocycles. The SMILES string of the molecule is CCNC(=O)[C@H](C)NC(=O)COC(=O)COc1ccc(C(C)C)c(C)c1. The number of carbonyl (C=O) groups excluding carboxylic acids is 3. The highest BCUT2D eigenvalue weighted by molar-refractivity contribution is 5.88. The van der Waals surface area contributed by atoms with Crippen LogP contribution in [0.2, 0.25) is 0 Å². The van der Waals surface area contributed by atoms with E-state index in [-0.39, 0.29) is 12.5 Å². The first-order valence-corrected chi connectivity index (χ1v) is 8.70. The molecule has 0 fully saturated rings. The van der Waals surface area contributed by atoms with Crippen LogP contribution < -0.4 is 15.4 Å². The van der Waals surface area contributed by atoms with E-state index in [0.29, 0.717) is 18.2 Å². The van der Waals surface area contributed by atoms with E-state index in [2.05, 4.69) is 24.5 Å². The summed E-state index contributed by atoms with van der Waals surface area (Å²) in [4.78, 5) is 34.9. The molecule has 0 aliphatic rings. The molecule has 1 atom stereocenters. The van der Waals surface area contributed by atoms with Crippen molar-refractivity contribution in [2.24, 2.45) is 0 Å². The smallest absolute Gasteiger partial charge is 0.344 e. The van der Waals surface area contributed by atoms with Crippen LogP contribution in [0.5, 0.6) is 5.75 Å². The first-order valence-electron chi connectivity index (χ1n) is 8.70. The predicted octanol–water partition coefficient (Wildman–Crippen LogP) is 1.68. The monoisotopic (exact) mass is 364 g/mol.